The molecule has 0 bridgehead atoms. The summed E-state index contributed by atoms with van der Waals surface area (Å²) in [5, 5.41) is 4.13. The van der Waals surface area contributed by atoms with Gasteiger partial charge in [-0.15, -0.1) is 0 Å². The van der Waals surface area contributed by atoms with Crippen LogP contribution in [0.5, 0.6) is 0 Å². The van der Waals surface area contributed by atoms with Gasteiger partial charge >= 0.3 is 0 Å². The highest BCUT2D eigenvalue weighted by molar-refractivity contribution is 6.30. The third-order valence-electron chi connectivity index (χ3n) is 3.22. The molecule has 0 saturated carbocycles. The van der Waals surface area contributed by atoms with Crippen LogP contribution in [-0.2, 0) is 4.79 Å². The van der Waals surface area contributed by atoms with Crippen LogP contribution in [0, 0.1) is 0 Å². The molecule has 3 heteroatoms. The van der Waals surface area contributed by atoms with Gasteiger partial charge in [0.05, 0.1) is 5.57 Å². The van der Waals surface area contributed by atoms with Crippen molar-refractivity contribution in [2.75, 3.05) is 0 Å². The van der Waals surface area contributed by atoms with E-state index >= 15 is 0 Å². The molecule has 1 aliphatic heterocycles. The molecule has 0 fully saturated rings. The Morgan fingerprint density at radius 1 is 1.16 bits per heavy atom. The number of nitrogens with zero attached hydrogens (tertiary/aromatic N) is 1. The number of hydrogen-bond donors (Lipinski definition) is 1. The number of carbonyl (C=O) groups is 1. The van der Waals surface area contributed by atoms with E-state index in [1.54, 1.807) is 0 Å². The maximum absolute atomic E-state index is 11.8. The third-order valence-corrected chi connectivity index (χ3v) is 3.22. The minimum absolute atomic E-state index is 0.0886. The first-order chi connectivity index (χ1) is 9.33. The van der Waals surface area contributed by atoms with Gasteiger partial charge in [0.25, 0.3) is 5.91 Å². The van der Waals surface area contributed by atoms with Gasteiger partial charge in [0.2, 0.25) is 0 Å². The van der Waals surface area contributed by atoms with E-state index in [2.05, 4.69) is 17.5 Å². The Balaban J connectivity index is 2.03. The Morgan fingerprint density at radius 2 is 1.95 bits per heavy atom. The van der Waals surface area contributed by atoms with E-state index in [4.69, 9.17) is 0 Å². The molecule has 1 N–H and O–H groups in total. The molecule has 0 saturated heterocycles. The first-order valence-electron chi connectivity index (χ1n) is 6.97. The van der Waals surface area contributed by atoms with Gasteiger partial charge in [-0.1, -0.05) is 62.6 Å². The van der Waals surface area contributed by atoms with Crippen molar-refractivity contribution in [1.82, 2.24) is 5.43 Å². The zero-order chi connectivity index (χ0) is 13.5. The number of amides is 1. The lowest BCUT2D eigenvalue weighted by molar-refractivity contribution is -0.116. The maximum Gasteiger partial charge on any atom is 0.273 e. The van der Waals surface area contributed by atoms with Crippen LogP contribution >= 0.6 is 0 Å². The number of allylic oxidation sites excluding steroid dienone is 1. The van der Waals surface area contributed by atoms with E-state index in [1.165, 1.54) is 19.3 Å². The van der Waals surface area contributed by atoms with Crippen molar-refractivity contribution >= 4 is 11.6 Å². The Kier molecular flexibility index (Phi) is 4.90. The number of benzene rings is 1. The molecule has 0 unspecified atom stereocenters. The van der Waals surface area contributed by atoms with Crippen LogP contribution in [-0.4, -0.2) is 11.6 Å². The molecule has 1 aromatic rings. The summed E-state index contributed by atoms with van der Waals surface area (Å²) >= 11 is 0. The number of unbranched alkanes of at least 4 members (excludes halogenated alkanes) is 4. The predicted molar refractivity (Wildman–Crippen MR) is 78.0 cm³/mol. The summed E-state index contributed by atoms with van der Waals surface area (Å²) in [5.41, 5.74) is 5.01. The van der Waals surface area contributed by atoms with Crippen LogP contribution in [0.4, 0.5) is 0 Å². The third kappa shape index (κ3) is 3.53. The molecule has 0 aromatic heterocycles. The van der Waals surface area contributed by atoms with Crippen molar-refractivity contribution in [2.45, 2.75) is 39.0 Å². The molecular weight excluding hydrogens is 236 g/mol. The van der Waals surface area contributed by atoms with Crippen LogP contribution in [0.3, 0.4) is 0 Å². The first kappa shape index (κ1) is 13.5. The highest BCUT2D eigenvalue weighted by Gasteiger charge is 2.22. The molecule has 1 amide bonds. The van der Waals surface area contributed by atoms with Gasteiger partial charge in [-0.3, -0.25) is 4.79 Å². The highest BCUT2D eigenvalue weighted by Crippen LogP contribution is 2.16. The number of hydrazone groups is 1. The van der Waals surface area contributed by atoms with Gasteiger partial charge in [-0.25, -0.2) is 5.43 Å². The second-order valence-corrected chi connectivity index (χ2v) is 4.73. The van der Waals surface area contributed by atoms with E-state index in [-0.39, 0.29) is 5.91 Å². The molecule has 1 heterocycles. The zero-order valence-electron chi connectivity index (χ0n) is 11.4. The lowest BCUT2D eigenvalue weighted by Crippen LogP contribution is -2.13. The monoisotopic (exact) mass is 256 g/mol. The van der Waals surface area contributed by atoms with Crippen molar-refractivity contribution in [2.24, 2.45) is 5.10 Å². The van der Waals surface area contributed by atoms with Gasteiger partial charge in [0, 0.05) is 5.56 Å². The highest BCUT2D eigenvalue weighted by atomic mass is 16.2. The van der Waals surface area contributed by atoms with Crippen LogP contribution < -0.4 is 5.43 Å². The molecule has 1 aliphatic rings. The number of carbonyl (C=O) groups excluding carboxylic acids is 1. The second kappa shape index (κ2) is 6.88. The van der Waals surface area contributed by atoms with Crippen LogP contribution in [0.25, 0.3) is 0 Å². The summed E-state index contributed by atoms with van der Waals surface area (Å²) in [6.07, 6.45) is 7.80. The van der Waals surface area contributed by atoms with Gasteiger partial charge in [-0.2, -0.15) is 5.10 Å². The summed E-state index contributed by atoms with van der Waals surface area (Å²) in [4.78, 5) is 11.8. The zero-order valence-corrected chi connectivity index (χ0v) is 11.4. The first-order valence-corrected chi connectivity index (χ1v) is 6.97. The standard InChI is InChI=1S/C16H20N2O/c1-2-3-4-5-9-12-14-15(17-18-16(14)19)13-10-7-6-8-11-13/h6-8,10-12H,2-5,9H2,1H3,(H,18,19). The minimum Gasteiger partial charge on any atom is -0.267 e. The molecule has 3 nitrogen and oxygen atoms in total. The second-order valence-electron chi connectivity index (χ2n) is 4.73. The van der Waals surface area contributed by atoms with E-state index in [1.807, 2.05) is 36.4 Å². The summed E-state index contributed by atoms with van der Waals surface area (Å²) in [7, 11) is 0. The summed E-state index contributed by atoms with van der Waals surface area (Å²) in [5.74, 6) is -0.0886. The van der Waals surface area contributed by atoms with E-state index in [0.29, 0.717) is 5.57 Å². The Bertz CT molecular complexity index is 489. The average Bonchev–Trinajstić information content (AvgIpc) is 2.81. The topological polar surface area (TPSA) is 41.5 Å². The van der Waals surface area contributed by atoms with E-state index in [9.17, 15) is 4.79 Å². The largest absolute Gasteiger partial charge is 0.273 e. The quantitative estimate of drug-likeness (QED) is 0.615. The van der Waals surface area contributed by atoms with Gasteiger partial charge in [0.15, 0.2) is 0 Å². The van der Waals surface area contributed by atoms with Crippen molar-refractivity contribution in [1.29, 1.82) is 0 Å². The Morgan fingerprint density at radius 3 is 2.68 bits per heavy atom. The maximum atomic E-state index is 11.8. The van der Waals surface area contributed by atoms with Crippen LogP contribution in [0.2, 0.25) is 0 Å². The van der Waals surface area contributed by atoms with Crippen molar-refractivity contribution in [3.63, 3.8) is 0 Å². The fraction of sp³-hybridized carbons (Fsp3) is 0.375. The minimum atomic E-state index is -0.0886. The summed E-state index contributed by atoms with van der Waals surface area (Å²) < 4.78 is 0. The SMILES string of the molecule is CCCCCCC=C1C(=O)NN=C1c1ccccc1. The van der Waals surface area contributed by atoms with Crippen molar-refractivity contribution in [3.8, 4) is 0 Å². The molecule has 0 radical (unpaired) electrons. The molecule has 0 spiro atoms. The van der Waals surface area contributed by atoms with Gasteiger partial charge in [-0.05, 0) is 12.8 Å². The lowest BCUT2D eigenvalue weighted by Gasteiger charge is -2.01. The number of rotatable bonds is 6. The molecule has 1 aromatic carbocycles. The van der Waals surface area contributed by atoms with E-state index < -0.39 is 0 Å². The average molecular weight is 256 g/mol. The molecule has 19 heavy (non-hydrogen) atoms. The summed E-state index contributed by atoms with van der Waals surface area (Å²) in [6, 6.07) is 9.83. The Labute approximate surface area is 114 Å². The Hall–Kier alpha value is -1.90. The van der Waals surface area contributed by atoms with Crippen molar-refractivity contribution < 1.29 is 4.79 Å². The van der Waals surface area contributed by atoms with Gasteiger partial charge < -0.3 is 0 Å². The number of hydrogen-bond acceptors (Lipinski definition) is 2. The molecule has 0 aliphatic carbocycles. The molecule has 0 atom stereocenters. The van der Waals surface area contributed by atoms with Crippen LogP contribution in [0.15, 0.2) is 47.1 Å². The summed E-state index contributed by atoms with van der Waals surface area (Å²) in [6.45, 7) is 2.20. The van der Waals surface area contributed by atoms with Crippen molar-refractivity contribution in [3.05, 3.63) is 47.5 Å². The van der Waals surface area contributed by atoms with Gasteiger partial charge in [0.1, 0.15) is 5.71 Å². The van der Waals surface area contributed by atoms with E-state index in [0.717, 1.165) is 24.1 Å². The molecule has 100 valence electrons. The predicted octanol–water partition coefficient (Wildman–Crippen LogP) is 3.42. The smallest absolute Gasteiger partial charge is 0.267 e. The normalized spacial score (nSPS) is 16.6. The fourth-order valence-electron chi connectivity index (χ4n) is 2.16. The number of nitrogens with one attached hydrogen (secondary N) is 1. The molecular formula is C16H20N2O. The van der Waals surface area contributed by atoms with Crippen LogP contribution in [0.1, 0.15) is 44.6 Å². The lowest BCUT2D eigenvalue weighted by atomic mass is 10.0. The fourth-order valence-corrected chi connectivity index (χ4v) is 2.16. The molecule has 2 rings (SSSR count).